The van der Waals surface area contributed by atoms with Crippen molar-refractivity contribution in [3.8, 4) is 0 Å². The van der Waals surface area contributed by atoms with Crippen molar-refractivity contribution in [2.75, 3.05) is 27.3 Å². The average molecular weight is 327 g/mol. The predicted molar refractivity (Wildman–Crippen MR) is 70.5 cm³/mol. The lowest BCUT2D eigenvalue weighted by Gasteiger charge is -2.19. The molecule has 0 aromatic carbocycles. The van der Waals surface area contributed by atoms with Gasteiger partial charge in [0.25, 0.3) is 5.91 Å². The first-order valence-corrected chi connectivity index (χ1v) is 6.78. The Morgan fingerprint density at radius 3 is 2.94 bits per heavy atom. The molecule has 16 heavy (non-hydrogen) atoms. The Hall–Kier alpha value is -0.100. The molecule has 0 radical (unpaired) electrons. The first-order valence-electron chi connectivity index (χ1n) is 4.67. The maximum Gasteiger partial charge on any atom is 0.264 e. The zero-order valence-corrected chi connectivity index (χ0v) is 12.2. The molecular formula is C10H13BrClNO2S. The van der Waals surface area contributed by atoms with E-state index in [1.165, 1.54) is 11.3 Å². The van der Waals surface area contributed by atoms with E-state index in [-0.39, 0.29) is 11.3 Å². The van der Waals surface area contributed by atoms with E-state index in [1.807, 2.05) is 11.4 Å². The summed E-state index contributed by atoms with van der Waals surface area (Å²) < 4.78 is 5.75. The smallest absolute Gasteiger partial charge is 0.264 e. The molecule has 1 aromatic rings. The van der Waals surface area contributed by atoms with Gasteiger partial charge in [-0.25, -0.2) is 0 Å². The number of rotatable bonds is 5. The van der Waals surface area contributed by atoms with E-state index in [0.29, 0.717) is 18.0 Å². The maximum absolute atomic E-state index is 12.0. The van der Waals surface area contributed by atoms with Gasteiger partial charge in [0.2, 0.25) is 0 Å². The molecule has 1 heterocycles. The fraction of sp³-hybridized carbons (Fsp3) is 0.500. The van der Waals surface area contributed by atoms with E-state index in [1.54, 1.807) is 19.1 Å². The van der Waals surface area contributed by atoms with Crippen LogP contribution in [0.5, 0.6) is 0 Å². The van der Waals surface area contributed by atoms with Crippen LogP contribution >= 0.6 is 38.9 Å². The number of halogens is 2. The van der Waals surface area contributed by atoms with Crippen LogP contribution in [0.25, 0.3) is 0 Å². The molecule has 1 aromatic heterocycles. The van der Waals surface area contributed by atoms with E-state index in [0.717, 1.165) is 4.47 Å². The first-order chi connectivity index (χ1) is 7.56. The van der Waals surface area contributed by atoms with Crippen LogP contribution in [-0.4, -0.2) is 43.5 Å². The number of methoxy groups -OCH3 is 1. The number of ether oxygens (including phenoxy) is 1. The van der Waals surface area contributed by atoms with E-state index in [2.05, 4.69) is 15.9 Å². The van der Waals surface area contributed by atoms with Crippen molar-refractivity contribution in [3.63, 3.8) is 0 Å². The van der Waals surface area contributed by atoms with Crippen molar-refractivity contribution >= 4 is 44.8 Å². The van der Waals surface area contributed by atoms with Crippen molar-refractivity contribution in [1.82, 2.24) is 4.90 Å². The molecule has 0 aliphatic rings. The Bertz CT molecular complexity index is 358. The predicted octanol–water partition coefficient (Wildman–Crippen LogP) is 2.84. The zero-order chi connectivity index (χ0) is 12.1. The number of thiophene rings is 1. The highest BCUT2D eigenvalue weighted by Gasteiger charge is 2.18. The fourth-order valence-electron chi connectivity index (χ4n) is 1.23. The van der Waals surface area contributed by atoms with Crippen LogP contribution in [0.15, 0.2) is 15.9 Å². The van der Waals surface area contributed by atoms with Gasteiger partial charge >= 0.3 is 0 Å². The highest BCUT2D eigenvalue weighted by Crippen LogP contribution is 2.24. The number of alkyl halides is 1. The van der Waals surface area contributed by atoms with Crippen LogP contribution in [0.4, 0.5) is 0 Å². The third-order valence-corrected chi connectivity index (χ3v) is 4.07. The normalized spacial score (nSPS) is 12.5. The minimum Gasteiger partial charge on any atom is -0.383 e. The van der Waals surface area contributed by atoms with Crippen LogP contribution in [0, 0.1) is 0 Å². The van der Waals surface area contributed by atoms with E-state index >= 15 is 0 Å². The third-order valence-electron chi connectivity index (χ3n) is 1.98. The number of carbonyl (C=O) groups excluding carboxylic acids is 1. The van der Waals surface area contributed by atoms with Gasteiger partial charge in [0, 0.05) is 25.2 Å². The molecule has 1 amide bonds. The van der Waals surface area contributed by atoms with Crippen molar-refractivity contribution in [2.24, 2.45) is 0 Å². The molecule has 1 atom stereocenters. The van der Waals surface area contributed by atoms with Gasteiger partial charge in [0.1, 0.15) is 4.88 Å². The maximum atomic E-state index is 12.0. The quantitative estimate of drug-likeness (QED) is 0.779. The molecule has 0 bridgehead atoms. The van der Waals surface area contributed by atoms with Crippen molar-refractivity contribution in [1.29, 1.82) is 0 Å². The van der Waals surface area contributed by atoms with Gasteiger partial charge in [0.15, 0.2) is 0 Å². The minimum atomic E-state index is -0.183. The molecule has 0 aliphatic carbocycles. The summed E-state index contributed by atoms with van der Waals surface area (Å²) in [5.41, 5.74) is 0. The molecule has 90 valence electrons. The summed E-state index contributed by atoms with van der Waals surface area (Å²) >= 11 is 10.7. The third kappa shape index (κ3) is 3.73. The molecular weight excluding hydrogens is 314 g/mol. The highest BCUT2D eigenvalue weighted by molar-refractivity contribution is 9.10. The second kappa shape index (κ2) is 6.59. The lowest BCUT2D eigenvalue weighted by Crippen LogP contribution is -2.33. The van der Waals surface area contributed by atoms with E-state index in [9.17, 15) is 4.79 Å². The highest BCUT2D eigenvalue weighted by atomic mass is 79.9. The van der Waals surface area contributed by atoms with Crippen molar-refractivity contribution in [3.05, 3.63) is 20.8 Å². The Labute approximate surface area is 112 Å². The van der Waals surface area contributed by atoms with Crippen LogP contribution in [-0.2, 0) is 4.74 Å². The molecule has 0 saturated carbocycles. The zero-order valence-electron chi connectivity index (χ0n) is 9.07. The summed E-state index contributed by atoms with van der Waals surface area (Å²) in [5.74, 6) is -0.0244. The van der Waals surface area contributed by atoms with E-state index < -0.39 is 0 Å². The minimum absolute atomic E-state index is 0.0244. The number of carbonyl (C=O) groups is 1. The molecule has 0 aliphatic heterocycles. The Balaban J connectivity index is 2.58. The number of hydrogen-bond donors (Lipinski definition) is 0. The van der Waals surface area contributed by atoms with Crippen molar-refractivity contribution in [2.45, 2.75) is 5.38 Å². The van der Waals surface area contributed by atoms with Gasteiger partial charge < -0.3 is 9.64 Å². The monoisotopic (exact) mass is 325 g/mol. The summed E-state index contributed by atoms with van der Waals surface area (Å²) in [6.07, 6.45) is 0. The molecule has 0 spiro atoms. The second-order valence-corrected chi connectivity index (χ2v) is 5.72. The number of amides is 1. The molecule has 0 saturated heterocycles. The Morgan fingerprint density at radius 1 is 1.75 bits per heavy atom. The molecule has 3 nitrogen and oxygen atoms in total. The summed E-state index contributed by atoms with van der Waals surface area (Å²) in [7, 11) is 3.33. The first kappa shape index (κ1) is 14.0. The molecule has 1 unspecified atom stereocenters. The van der Waals surface area contributed by atoms with Crippen LogP contribution in [0.3, 0.4) is 0 Å². The summed E-state index contributed by atoms with van der Waals surface area (Å²) in [5, 5.41) is 1.69. The van der Waals surface area contributed by atoms with Crippen molar-refractivity contribution < 1.29 is 9.53 Å². The standard InChI is InChI=1S/C10H13BrClNO2S/c1-13(5-7(12)6-15-2)10(14)9-8(11)3-4-16-9/h3-4,7H,5-6H2,1-2H3. The van der Waals surface area contributed by atoms with Gasteiger partial charge in [0.05, 0.1) is 12.0 Å². The van der Waals surface area contributed by atoms with Gasteiger partial charge in [-0.2, -0.15) is 0 Å². The van der Waals surface area contributed by atoms with Gasteiger partial charge in [-0.15, -0.1) is 22.9 Å². The Kier molecular flexibility index (Phi) is 5.75. The topological polar surface area (TPSA) is 29.5 Å². The van der Waals surface area contributed by atoms with Crippen LogP contribution < -0.4 is 0 Å². The SMILES string of the molecule is COCC(Cl)CN(C)C(=O)c1sccc1Br. The fourth-order valence-corrected chi connectivity index (χ4v) is 3.10. The second-order valence-electron chi connectivity index (χ2n) is 3.34. The van der Waals surface area contributed by atoms with Gasteiger partial charge in [-0.3, -0.25) is 4.79 Å². The number of hydrogen-bond acceptors (Lipinski definition) is 3. The van der Waals surface area contributed by atoms with Gasteiger partial charge in [-0.05, 0) is 27.4 Å². The summed E-state index contributed by atoms with van der Waals surface area (Å²) in [6.45, 7) is 0.906. The summed E-state index contributed by atoms with van der Waals surface area (Å²) in [6, 6.07) is 1.86. The number of nitrogens with zero attached hydrogens (tertiary/aromatic N) is 1. The lowest BCUT2D eigenvalue weighted by atomic mass is 10.3. The molecule has 0 N–H and O–H groups in total. The average Bonchev–Trinajstić information content (AvgIpc) is 2.63. The summed E-state index contributed by atoms with van der Waals surface area (Å²) in [4.78, 5) is 14.3. The van der Waals surface area contributed by atoms with E-state index in [4.69, 9.17) is 16.3 Å². The van der Waals surface area contributed by atoms with Crippen LogP contribution in [0.1, 0.15) is 9.67 Å². The largest absolute Gasteiger partial charge is 0.383 e. The lowest BCUT2D eigenvalue weighted by molar-refractivity contribution is 0.0785. The molecule has 6 heteroatoms. The van der Waals surface area contributed by atoms with Gasteiger partial charge in [-0.1, -0.05) is 0 Å². The molecule has 0 fully saturated rings. The van der Waals surface area contributed by atoms with Crippen LogP contribution in [0.2, 0.25) is 0 Å². The molecule has 1 rings (SSSR count). The Morgan fingerprint density at radius 2 is 2.44 bits per heavy atom.